The highest BCUT2D eigenvalue weighted by atomic mass is 19.4. The maximum absolute atomic E-state index is 13.7. The molecule has 1 aliphatic rings. The molecule has 0 aliphatic carbocycles. The Labute approximate surface area is 226 Å². The first kappa shape index (κ1) is 29.1. The molecule has 0 unspecified atom stereocenters. The van der Waals surface area contributed by atoms with Crippen LogP contribution in [0.5, 0.6) is 5.75 Å². The first-order valence-corrected chi connectivity index (χ1v) is 12.5. The van der Waals surface area contributed by atoms with Crippen molar-refractivity contribution >= 4 is 17.5 Å². The third-order valence-electron chi connectivity index (χ3n) is 6.58. The van der Waals surface area contributed by atoms with Gasteiger partial charge in [0, 0.05) is 6.20 Å². The summed E-state index contributed by atoms with van der Waals surface area (Å²) in [5.41, 5.74) is 5.57. The third-order valence-corrected chi connectivity index (χ3v) is 6.58. The first-order chi connectivity index (χ1) is 18.9. The summed E-state index contributed by atoms with van der Waals surface area (Å²) >= 11 is 0. The SMILES string of the molecule is NC(=O)Cc1ccccc1CCc1nc(Nc2ccc(C3CCNCC3)cc2OC(F)(F)F)ncc1C(F)(F)F. The molecule has 1 fully saturated rings. The van der Waals surface area contributed by atoms with Gasteiger partial charge in [0.2, 0.25) is 11.9 Å². The number of piperidine rings is 1. The van der Waals surface area contributed by atoms with Crippen molar-refractivity contribution in [2.24, 2.45) is 5.73 Å². The van der Waals surface area contributed by atoms with Crippen molar-refractivity contribution in [2.75, 3.05) is 18.4 Å². The highest BCUT2D eigenvalue weighted by molar-refractivity contribution is 5.77. The highest BCUT2D eigenvalue weighted by Crippen LogP contribution is 2.37. The number of carbonyl (C=O) groups excluding carboxylic acids is 1. The van der Waals surface area contributed by atoms with Crippen LogP contribution >= 0.6 is 0 Å². The minimum atomic E-state index is -4.99. The number of halogens is 6. The second kappa shape index (κ2) is 12.1. The zero-order valence-electron chi connectivity index (χ0n) is 21.2. The minimum absolute atomic E-state index is 0.0391. The van der Waals surface area contributed by atoms with Crippen LogP contribution in [0.2, 0.25) is 0 Å². The molecule has 4 rings (SSSR count). The Morgan fingerprint density at radius 1 is 1.02 bits per heavy atom. The molecule has 1 saturated heterocycles. The minimum Gasteiger partial charge on any atom is -0.404 e. The maximum atomic E-state index is 13.7. The molecule has 1 aliphatic heterocycles. The van der Waals surface area contributed by atoms with E-state index in [0.717, 1.165) is 25.9 Å². The zero-order valence-corrected chi connectivity index (χ0v) is 21.2. The fraction of sp³-hybridized carbons (Fsp3) is 0.370. The summed E-state index contributed by atoms with van der Waals surface area (Å²) in [6.07, 6.45) is -7.83. The second-order valence-corrected chi connectivity index (χ2v) is 9.42. The number of hydrogen-bond donors (Lipinski definition) is 3. The average molecular weight is 568 g/mol. The molecule has 4 N–H and O–H groups in total. The van der Waals surface area contributed by atoms with Crippen molar-refractivity contribution in [3.63, 3.8) is 0 Å². The van der Waals surface area contributed by atoms with Gasteiger partial charge in [0.15, 0.2) is 5.75 Å². The molecule has 0 bridgehead atoms. The predicted molar refractivity (Wildman–Crippen MR) is 135 cm³/mol. The molecule has 0 radical (unpaired) electrons. The normalized spacial score (nSPS) is 14.7. The third kappa shape index (κ3) is 7.84. The van der Waals surface area contributed by atoms with Gasteiger partial charge in [-0.25, -0.2) is 9.97 Å². The Balaban J connectivity index is 1.63. The summed E-state index contributed by atoms with van der Waals surface area (Å²) in [6, 6.07) is 11.0. The number of aromatic nitrogens is 2. The van der Waals surface area contributed by atoms with Crippen LogP contribution in [0.4, 0.5) is 38.0 Å². The van der Waals surface area contributed by atoms with E-state index in [0.29, 0.717) is 22.9 Å². The molecule has 1 amide bonds. The van der Waals surface area contributed by atoms with E-state index in [1.54, 1.807) is 30.3 Å². The summed E-state index contributed by atoms with van der Waals surface area (Å²) in [5.74, 6) is -1.40. The zero-order chi connectivity index (χ0) is 28.9. The van der Waals surface area contributed by atoms with Crippen molar-refractivity contribution in [3.05, 3.63) is 76.6 Å². The van der Waals surface area contributed by atoms with Crippen LogP contribution in [-0.4, -0.2) is 35.3 Å². The number of alkyl halides is 6. The van der Waals surface area contributed by atoms with Crippen LogP contribution in [0.3, 0.4) is 0 Å². The summed E-state index contributed by atoms with van der Waals surface area (Å²) < 4.78 is 85.1. The molecule has 13 heteroatoms. The molecule has 3 aromatic rings. The Kier molecular flexibility index (Phi) is 8.82. The number of anilines is 2. The number of primary amides is 1. The molecule has 0 spiro atoms. The summed E-state index contributed by atoms with van der Waals surface area (Å²) in [7, 11) is 0. The fourth-order valence-corrected chi connectivity index (χ4v) is 4.70. The molecule has 0 saturated carbocycles. The molecule has 2 aromatic carbocycles. The monoisotopic (exact) mass is 567 g/mol. The Morgan fingerprint density at radius 2 is 1.73 bits per heavy atom. The average Bonchev–Trinajstić information content (AvgIpc) is 2.88. The molecule has 214 valence electrons. The van der Waals surface area contributed by atoms with Gasteiger partial charge in [0.05, 0.1) is 23.4 Å². The van der Waals surface area contributed by atoms with Gasteiger partial charge in [0.25, 0.3) is 0 Å². The van der Waals surface area contributed by atoms with Crippen LogP contribution in [0.15, 0.2) is 48.7 Å². The van der Waals surface area contributed by atoms with E-state index in [2.05, 4.69) is 25.3 Å². The summed E-state index contributed by atoms with van der Waals surface area (Å²) in [5, 5.41) is 5.78. The standard InChI is InChI=1S/C27H27F6N5O2/c28-26(29,30)20-15-36-25(37-21(20)7-5-16-3-1-2-4-18(16)14-24(34)39)38-22-8-6-19(17-9-11-35-12-10-17)13-23(22)40-27(31,32)33/h1-4,6,8,13,15,17,35H,5,7,9-12,14H2,(H2,34,39)(H,36,37,38). The topological polar surface area (TPSA) is 102 Å². The van der Waals surface area contributed by atoms with E-state index in [9.17, 15) is 31.1 Å². The Morgan fingerprint density at radius 3 is 2.38 bits per heavy atom. The fourth-order valence-electron chi connectivity index (χ4n) is 4.70. The van der Waals surface area contributed by atoms with Gasteiger partial charge in [-0.1, -0.05) is 30.3 Å². The number of hydrogen-bond acceptors (Lipinski definition) is 6. The number of carbonyl (C=O) groups is 1. The van der Waals surface area contributed by atoms with E-state index in [1.165, 1.54) is 12.1 Å². The number of nitrogens with two attached hydrogens (primary N) is 1. The number of benzene rings is 2. The van der Waals surface area contributed by atoms with Crippen molar-refractivity contribution < 1.29 is 35.9 Å². The van der Waals surface area contributed by atoms with Crippen molar-refractivity contribution in [3.8, 4) is 5.75 Å². The van der Waals surface area contributed by atoms with Crippen molar-refractivity contribution in [1.29, 1.82) is 0 Å². The smallest absolute Gasteiger partial charge is 0.404 e. The van der Waals surface area contributed by atoms with E-state index >= 15 is 0 Å². The van der Waals surface area contributed by atoms with Gasteiger partial charge < -0.3 is 21.1 Å². The van der Waals surface area contributed by atoms with E-state index < -0.39 is 29.8 Å². The van der Waals surface area contributed by atoms with Crippen LogP contribution in [0, 0.1) is 0 Å². The maximum Gasteiger partial charge on any atom is 0.573 e. The van der Waals surface area contributed by atoms with Crippen molar-refractivity contribution in [1.82, 2.24) is 15.3 Å². The summed E-state index contributed by atoms with van der Waals surface area (Å²) in [6.45, 7) is 1.46. The molecular weight excluding hydrogens is 540 g/mol. The van der Waals surface area contributed by atoms with Gasteiger partial charge in [-0.05, 0) is 73.5 Å². The quantitative estimate of drug-likeness (QED) is 0.299. The lowest BCUT2D eigenvalue weighted by atomic mass is 9.90. The Hall–Kier alpha value is -3.87. The number of nitrogens with zero attached hydrogens (tertiary/aromatic N) is 2. The van der Waals surface area contributed by atoms with Gasteiger partial charge in [-0.15, -0.1) is 13.2 Å². The highest BCUT2D eigenvalue weighted by Gasteiger charge is 2.35. The number of amides is 1. The molecular formula is C27H27F6N5O2. The van der Waals surface area contributed by atoms with Crippen LogP contribution in [-0.2, 0) is 30.2 Å². The molecule has 1 aromatic heterocycles. The van der Waals surface area contributed by atoms with Gasteiger partial charge in [-0.2, -0.15) is 13.2 Å². The molecule has 40 heavy (non-hydrogen) atoms. The largest absolute Gasteiger partial charge is 0.573 e. The molecule has 2 heterocycles. The molecule has 0 atom stereocenters. The lowest BCUT2D eigenvalue weighted by Crippen LogP contribution is -2.26. The van der Waals surface area contributed by atoms with E-state index in [-0.39, 0.29) is 42.5 Å². The number of ether oxygens (including phenoxy) is 1. The van der Waals surface area contributed by atoms with Crippen LogP contribution < -0.4 is 21.1 Å². The van der Waals surface area contributed by atoms with Gasteiger partial charge in [0.1, 0.15) is 0 Å². The van der Waals surface area contributed by atoms with Crippen molar-refractivity contribution in [2.45, 2.75) is 50.6 Å². The Bertz CT molecular complexity index is 1340. The number of nitrogens with one attached hydrogen (secondary N) is 2. The van der Waals surface area contributed by atoms with Crippen LogP contribution in [0.1, 0.15) is 46.7 Å². The first-order valence-electron chi connectivity index (χ1n) is 12.5. The van der Waals surface area contributed by atoms with Gasteiger partial charge >= 0.3 is 12.5 Å². The predicted octanol–water partition coefficient (Wildman–Crippen LogP) is 5.42. The molecule has 7 nitrogen and oxygen atoms in total. The summed E-state index contributed by atoms with van der Waals surface area (Å²) in [4.78, 5) is 19.1. The lowest BCUT2D eigenvalue weighted by molar-refractivity contribution is -0.274. The van der Waals surface area contributed by atoms with Crippen LogP contribution in [0.25, 0.3) is 0 Å². The van der Waals surface area contributed by atoms with E-state index in [1.807, 2.05) is 0 Å². The number of rotatable bonds is 9. The second-order valence-electron chi connectivity index (χ2n) is 9.42. The van der Waals surface area contributed by atoms with E-state index in [4.69, 9.17) is 5.73 Å². The van der Waals surface area contributed by atoms with Gasteiger partial charge in [-0.3, -0.25) is 4.79 Å². The number of aryl methyl sites for hydroxylation is 2. The lowest BCUT2D eigenvalue weighted by Gasteiger charge is -2.24.